The lowest BCUT2D eigenvalue weighted by atomic mass is 10.1. The number of aromatic nitrogens is 2. The molecular weight excluding hydrogens is 340 g/mol. The van der Waals surface area contributed by atoms with Gasteiger partial charge in [-0.2, -0.15) is 0 Å². The molecule has 1 aromatic heterocycles. The molecule has 0 bridgehead atoms. The van der Waals surface area contributed by atoms with E-state index in [-0.39, 0.29) is 22.6 Å². The molecule has 0 saturated heterocycles. The lowest BCUT2D eigenvalue weighted by Gasteiger charge is -2.07. The number of hydrogen-bond acceptors (Lipinski definition) is 7. The van der Waals surface area contributed by atoms with E-state index in [2.05, 4.69) is 20.2 Å². The van der Waals surface area contributed by atoms with Crippen molar-refractivity contribution in [2.75, 3.05) is 23.4 Å². The van der Waals surface area contributed by atoms with Crippen LogP contribution in [0.3, 0.4) is 0 Å². The lowest BCUT2D eigenvalue weighted by Crippen LogP contribution is -2.12. The summed E-state index contributed by atoms with van der Waals surface area (Å²) >= 11 is 0.948. The zero-order chi connectivity index (χ0) is 16.9. The number of methoxy groups -OCH3 is 1. The summed E-state index contributed by atoms with van der Waals surface area (Å²) in [5, 5.41) is 10.3. The molecule has 23 heavy (non-hydrogen) atoms. The highest BCUT2D eigenvalue weighted by molar-refractivity contribution is 7.92. The number of rotatable bonds is 7. The van der Waals surface area contributed by atoms with E-state index in [1.54, 1.807) is 7.11 Å². The van der Waals surface area contributed by atoms with Crippen LogP contribution in [0.1, 0.15) is 12.0 Å². The van der Waals surface area contributed by atoms with Crippen LogP contribution in [0.15, 0.2) is 24.3 Å². The first kappa shape index (κ1) is 17.2. The van der Waals surface area contributed by atoms with Crippen LogP contribution < -0.4 is 14.8 Å². The van der Waals surface area contributed by atoms with Crippen molar-refractivity contribution in [2.45, 2.75) is 12.8 Å². The maximum atomic E-state index is 11.9. The zero-order valence-corrected chi connectivity index (χ0v) is 14.2. The van der Waals surface area contributed by atoms with Gasteiger partial charge in [0.05, 0.1) is 13.4 Å². The predicted molar refractivity (Wildman–Crippen MR) is 88.3 cm³/mol. The molecular formula is C13H16N4O4S2. The first-order valence-electron chi connectivity index (χ1n) is 6.60. The van der Waals surface area contributed by atoms with E-state index in [4.69, 9.17) is 4.74 Å². The van der Waals surface area contributed by atoms with Gasteiger partial charge in [0.15, 0.2) is 0 Å². The molecule has 124 valence electrons. The molecule has 0 fully saturated rings. The maximum absolute atomic E-state index is 11.9. The average molecular weight is 356 g/mol. The van der Waals surface area contributed by atoms with Gasteiger partial charge in [0.1, 0.15) is 5.75 Å². The molecule has 1 aromatic carbocycles. The summed E-state index contributed by atoms with van der Waals surface area (Å²) in [6.07, 6.45) is 1.78. The van der Waals surface area contributed by atoms with Crippen molar-refractivity contribution in [1.29, 1.82) is 0 Å². The van der Waals surface area contributed by atoms with Gasteiger partial charge in [-0.3, -0.25) is 9.52 Å². The number of hydrogen-bond donors (Lipinski definition) is 2. The van der Waals surface area contributed by atoms with E-state index in [0.29, 0.717) is 6.42 Å². The van der Waals surface area contributed by atoms with E-state index < -0.39 is 10.0 Å². The Morgan fingerprint density at radius 3 is 2.65 bits per heavy atom. The van der Waals surface area contributed by atoms with Crippen LogP contribution in [-0.4, -0.2) is 37.9 Å². The van der Waals surface area contributed by atoms with Crippen LogP contribution in [0, 0.1) is 0 Å². The number of para-hydroxylation sites is 1. The molecule has 2 N–H and O–H groups in total. The van der Waals surface area contributed by atoms with Gasteiger partial charge < -0.3 is 10.1 Å². The van der Waals surface area contributed by atoms with Crippen LogP contribution in [0.5, 0.6) is 5.75 Å². The molecule has 8 nitrogen and oxygen atoms in total. The van der Waals surface area contributed by atoms with E-state index in [1.165, 1.54) is 0 Å². The van der Waals surface area contributed by atoms with Gasteiger partial charge in [0, 0.05) is 6.42 Å². The number of nitrogens with one attached hydrogen (secondary N) is 2. The fourth-order valence-corrected chi connectivity index (χ4v) is 3.30. The van der Waals surface area contributed by atoms with Crippen LogP contribution >= 0.6 is 11.3 Å². The van der Waals surface area contributed by atoms with E-state index in [0.717, 1.165) is 28.9 Å². The Hall–Kier alpha value is -2.20. The van der Waals surface area contributed by atoms with Crippen LogP contribution in [0.25, 0.3) is 0 Å². The highest BCUT2D eigenvalue weighted by Crippen LogP contribution is 2.22. The van der Waals surface area contributed by atoms with Crippen molar-refractivity contribution in [2.24, 2.45) is 0 Å². The summed E-state index contributed by atoms with van der Waals surface area (Å²) in [5.74, 6) is 0.494. The Bertz CT molecular complexity index is 789. The number of aryl methyl sites for hydroxylation is 1. The van der Waals surface area contributed by atoms with Crippen molar-refractivity contribution in [3.63, 3.8) is 0 Å². The third-order valence-electron chi connectivity index (χ3n) is 2.76. The van der Waals surface area contributed by atoms with Gasteiger partial charge in [0.2, 0.25) is 26.2 Å². The van der Waals surface area contributed by atoms with Crippen molar-refractivity contribution in [1.82, 2.24) is 10.2 Å². The minimum Gasteiger partial charge on any atom is -0.496 e. The molecule has 2 aromatic rings. The summed E-state index contributed by atoms with van der Waals surface area (Å²) in [6.45, 7) is 0. The fraction of sp³-hybridized carbons (Fsp3) is 0.308. The Labute approximate surface area is 137 Å². The molecule has 1 heterocycles. The zero-order valence-electron chi connectivity index (χ0n) is 12.6. The largest absolute Gasteiger partial charge is 0.496 e. The molecule has 0 aliphatic rings. The normalized spacial score (nSPS) is 11.0. The maximum Gasteiger partial charge on any atom is 0.231 e. The average Bonchev–Trinajstić information content (AvgIpc) is 2.90. The number of nitrogens with zero attached hydrogens (tertiary/aromatic N) is 2. The van der Waals surface area contributed by atoms with Crippen molar-refractivity contribution >= 4 is 37.5 Å². The monoisotopic (exact) mass is 356 g/mol. The molecule has 0 unspecified atom stereocenters. The number of benzene rings is 1. The third kappa shape index (κ3) is 5.49. The van der Waals surface area contributed by atoms with Crippen molar-refractivity contribution < 1.29 is 17.9 Å². The predicted octanol–water partition coefficient (Wildman–Crippen LogP) is 1.49. The second kappa shape index (κ2) is 7.38. The first-order chi connectivity index (χ1) is 10.9. The van der Waals surface area contributed by atoms with Gasteiger partial charge in [-0.25, -0.2) is 8.42 Å². The number of anilines is 2. The molecule has 0 spiro atoms. The molecule has 1 amide bonds. The van der Waals surface area contributed by atoms with Gasteiger partial charge in [-0.05, 0) is 18.1 Å². The van der Waals surface area contributed by atoms with Gasteiger partial charge in [0.25, 0.3) is 0 Å². The molecule has 0 aliphatic heterocycles. The molecule has 0 saturated carbocycles. The highest BCUT2D eigenvalue weighted by Gasteiger charge is 2.12. The second-order valence-corrected chi connectivity index (χ2v) is 7.37. The minimum absolute atomic E-state index is 0.104. The first-order valence-corrected chi connectivity index (χ1v) is 9.31. The molecule has 10 heteroatoms. The third-order valence-corrected chi connectivity index (χ3v) is 4.21. The van der Waals surface area contributed by atoms with Crippen LogP contribution in [0.4, 0.5) is 10.3 Å². The van der Waals surface area contributed by atoms with Crippen molar-refractivity contribution in [3.05, 3.63) is 29.8 Å². The fourth-order valence-electron chi connectivity index (χ4n) is 1.81. The number of carbonyl (C=O) groups excluding carboxylic acids is 1. The molecule has 0 atom stereocenters. The number of ether oxygens (including phenoxy) is 1. The Morgan fingerprint density at radius 2 is 1.96 bits per heavy atom. The quantitative estimate of drug-likeness (QED) is 0.778. The molecule has 2 rings (SSSR count). The Balaban J connectivity index is 1.90. The van der Waals surface area contributed by atoms with Gasteiger partial charge in [-0.15, -0.1) is 10.2 Å². The summed E-state index contributed by atoms with van der Waals surface area (Å²) in [5.41, 5.74) is 0.932. The van der Waals surface area contributed by atoms with Crippen LogP contribution in [-0.2, 0) is 21.2 Å². The standard InChI is InChI=1S/C13H16N4O4S2/c1-21-10-6-4-3-5-9(10)7-8-11(18)14-12-15-16-13(22-12)17-23(2,19)20/h3-6H,7-8H2,1-2H3,(H,16,17)(H,14,15,18). The van der Waals surface area contributed by atoms with E-state index >= 15 is 0 Å². The summed E-state index contributed by atoms with van der Waals surface area (Å²) in [7, 11) is -1.84. The molecule has 0 radical (unpaired) electrons. The van der Waals surface area contributed by atoms with E-state index in [9.17, 15) is 13.2 Å². The topological polar surface area (TPSA) is 110 Å². The Morgan fingerprint density at radius 1 is 1.26 bits per heavy atom. The number of amides is 1. The second-order valence-electron chi connectivity index (χ2n) is 4.65. The van der Waals surface area contributed by atoms with E-state index in [1.807, 2.05) is 24.3 Å². The van der Waals surface area contributed by atoms with Crippen molar-refractivity contribution in [3.8, 4) is 5.75 Å². The lowest BCUT2D eigenvalue weighted by molar-refractivity contribution is -0.116. The van der Waals surface area contributed by atoms with Gasteiger partial charge in [-0.1, -0.05) is 29.5 Å². The highest BCUT2D eigenvalue weighted by atomic mass is 32.2. The smallest absolute Gasteiger partial charge is 0.231 e. The van der Waals surface area contributed by atoms with Gasteiger partial charge >= 0.3 is 0 Å². The minimum atomic E-state index is -3.41. The number of sulfonamides is 1. The summed E-state index contributed by atoms with van der Waals surface area (Å²) < 4.78 is 29.6. The molecule has 0 aliphatic carbocycles. The summed E-state index contributed by atoms with van der Waals surface area (Å²) in [4.78, 5) is 11.9. The Kier molecular flexibility index (Phi) is 5.50. The summed E-state index contributed by atoms with van der Waals surface area (Å²) in [6, 6.07) is 7.47. The number of carbonyl (C=O) groups is 1. The SMILES string of the molecule is COc1ccccc1CCC(=O)Nc1nnc(NS(C)(=O)=O)s1. The van der Waals surface area contributed by atoms with Crippen LogP contribution in [0.2, 0.25) is 0 Å².